The Morgan fingerprint density at radius 1 is 1.35 bits per heavy atom. The maximum absolute atomic E-state index is 10.8. The van der Waals surface area contributed by atoms with Gasteiger partial charge in [-0.1, -0.05) is 18.2 Å². The molecule has 0 fully saturated rings. The number of carboxylic acid groups (broad SMARTS) is 1. The second-order valence-electron chi connectivity index (χ2n) is 4.53. The molecule has 0 bridgehead atoms. The van der Waals surface area contributed by atoms with Crippen molar-refractivity contribution in [2.24, 2.45) is 0 Å². The Morgan fingerprint density at radius 3 is 2.18 bits per heavy atom. The van der Waals surface area contributed by atoms with Gasteiger partial charge in [0.05, 0.1) is 5.56 Å². The van der Waals surface area contributed by atoms with E-state index < -0.39 is 5.97 Å². The van der Waals surface area contributed by atoms with Crippen LogP contribution >= 0.6 is 0 Å². The summed E-state index contributed by atoms with van der Waals surface area (Å²) in [6, 6.07) is 8.30. The van der Waals surface area contributed by atoms with Crippen LogP contribution in [0, 0.1) is 5.21 Å². The summed E-state index contributed by atoms with van der Waals surface area (Å²) in [5, 5.41) is 19.1. The Morgan fingerprint density at radius 2 is 1.94 bits per heavy atom. The van der Waals surface area contributed by atoms with E-state index in [0.29, 0.717) is 5.56 Å². The predicted octanol–water partition coefficient (Wildman–Crippen LogP) is 2.52. The van der Waals surface area contributed by atoms with E-state index in [2.05, 4.69) is 0 Å². The van der Waals surface area contributed by atoms with E-state index in [1.807, 2.05) is 13.8 Å². The van der Waals surface area contributed by atoms with Crippen molar-refractivity contribution >= 4 is 12.2 Å². The fourth-order valence-corrected chi connectivity index (χ4v) is 1.47. The van der Waals surface area contributed by atoms with Crippen molar-refractivity contribution in [2.75, 3.05) is 0 Å². The van der Waals surface area contributed by atoms with Gasteiger partial charge >= 0.3 is 5.97 Å². The first-order valence-corrected chi connectivity index (χ1v) is 5.51. The molecule has 1 aromatic carbocycles. The molecule has 0 atom stereocenters. The number of hydrogen-bond donors (Lipinski definition) is 1. The number of nitrogens with zero attached hydrogens (tertiary/aromatic N) is 1. The zero-order chi connectivity index (χ0) is 12.9. The van der Waals surface area contributed by atoms with Crippen LogP contribution in [0.25, 0.3) is 0 Å². The molecule has 92 valence electrons. The lowest BCUT2D eigenvalue weighted by molar-refractivity contribution is -0.527. The lowest BCUT2D eigenvalue weighted by Crippen LogP contribution is -2.27. The molecule has 1 N–H and O–H groups in total. The molecule has 1 aromatic rings. The van der Waals surface area contributed by atoms with Crippen molar-refractivity contribution in [3.05, 3.63) is 41.1 Å². The lowest BCUT2D eigenvalue weighted by Gasteiger charge is -2.16. The van der Waals surface area contributed by atoms with E-state index in [-0.39, 0.29) is 5.54 Å². The summed E-state index contributed by atoms with van der Waals surface area (Å²) in [4.78, 5) is 10.2. The quantitative estimate of drug-likeness (QED) is 0.601. The van der Waals surface area contributed by atoms with Crippen LogP contribution in [0.1, 0.15) is 37.0 Å². The van der Waals surface area contributed by atoms with Gasteiger partial charge in [0.25, 0.3) is 0 Å². The molecule has 1 heterocycles. The van der Waals surface area contributed by atoms with Crippen molar-refractivity contribution in [3.8, 4) is 0 Å². The standard InChI is InChI=1S/C7H6O2.C6H11NO/c8-7(9)6-4-2-1-3-5-6;1-6(2)4-3-5-7(6)8/h1-5H,(H,8,9);5H,3-4H2,1-2H3. The average Bonchev–Trinajstić information content (AvgIpc) is 2.59. The summed E-state index contributed by atoms with van der Waals surface area (Å²) >= 11 is 0. The van der Waals surface area contributed by atoms with Gasteiger partial charge in [-0.2, -0.15) is 0 Å². The smallest absolute Gasteiger partial charge is 0.335 e. The second kappa shape index (κ2) is 5.48. The fourth-order valence-electron chi connectivity index (χ4n) is 1.47. The molecule has 1 aliphatic heterocycles. The highest BCUT2D eigenvalue weighted by atomic mass is 16.5. The summed E-state index contributed by atoms with van der Waals surface area (Å²) in [6.45, 7) is 3.92. The minimum atomic E-state index is -0.879. The van der Waals surface area contributed by atoms with Crippen molar-refractivity contribution in [1.82, 2.24) is 0 Å². The minimum Gasteiger partial charge on any atom is -0.624 e. The zero-order valence-corrected chi connectivity index (χ0v) is 10.1. The molecule has 0 saturated heterocycles. The Bertz CT molecular complexity index is 410. The van der Waals surface area contributed by atoms with Crippen LogP contribution in [0.15, 0.2) is 30.3 Å². The predicted molar refractivity (Wildman–Crippen MR) is 66.4 cm³/mol. The van der Waals surface area contributed by atoms with Crippen molar-refractivity contribution < 1.29 is 14.6 Å². The summed E-state index contributed by atoms with van der Waals surface area (Å²) in [6.07, 6.45) is 3.65. The van der Waals surface area contributed by atoms with E-state index in [4.69, 9.17) is 5.11 Å². The van der Waals surface area contributed by atoms with Crippen LogP contribution < -0.4 is 0 Å². The number of carbonyl (C=O) groups is 1. The largest absolute Gasteiger partial charge is 0.624 e. The third-order valence-electron chi connectivity index (χ3n) is 2.67. The molecule has 4 nitrogen and oxygen atoms in total. The number of hydroxylamine groups is 1. The Kier molecular flexibility index (Phi) is 4.26. The van der Waals surface area contributed by atoms with Gasteiger partial charge in [0.1, 0.15) is 0 Å². The fraction of sp³-hybridized carbons (Fsp3) is 0.385. The Hall–Kier alpha value is -1.84. The molecule has 0 saturated carbocycles. The van der Waals surface area contributed by atoms with Crippen molar-refractivity contribution in [2.45, 2.75) is 32.2 Å². The van der Waals surface area contributed by atoms with Gasteiger partial charge in [0.15, 0.2) is 11.8 Å². The van der Waals surface area contributed by atoms with Gasteiger partial charge in [-0.05, 0) is 12.1 Å². The molecule has 0 radical (unpaired) electrons. The van der Waals surface area contributed by atoms with Crippen LogP contribution in [0.2, 0.25) is 0 Å². The van der Waals surface area contributed by atoms with Crippen LogP contribution in [0.3, 0.4) is 0 Å². The van der Waals surface area contributed by atoms with E-state index in [9.17, 15) is 10.0 Å². The molecular formula is C13H17NO3. The first-order chi connectivity index (χ1) is 7.93. The molecule has 0 aromatic heterocycles. The van der Waals surface area contributed by atoms with Crippen molar-refractivity contribution in [3.63, 3.8) is 0 Å². The summed E-state index contributed by atoms with van der Waals surface area (Å²) in [5.41, 5.74) is 0.206. The van der Waals surface area contributed by atoms with Crippen LogP contribution in [-0.4, -0.2) is 27.6 Å². The third kappa shape index (κ3) is 3.90. The number of aromatic carboxylic acids is 1. The van der Waals surface area contributed by atoms with Gasteiger partial charge < -0.3 is 10.3 Å². The first-order valence-electron chi connectivity index (χ1n) is 5.51. The molecule has 17 heavy (non-hydrogen) atoms. The molecule has 1 aliphatic rings. The highest BCUT2D eigenvalue weighted by Gasteiger charge is 2.29. The van der Waals surface area contributed by atoms with Gasteiger partial charge in [-0.15, -0.1) is 0 Å². The molecule has 4 heteroatoms. The van der Waals surface area contributed by atoms with Crippen LogP contribution in [-0.2, 0) is 0 Å². The van der Waals surface area contributed by atoms with E-state index in [1.54, 1.807) is 36.5 Å². The molecular weight excluding hydrogens is 218 g/mol. The summed E-state index contributed by atoms with van der Waals surface area (Å²) in [7, 11) is 0. The van der Waals surface area contributed by atoms with Crippen LogP contribution in [0.4, 0.5) is 0 Å². The van der Waals surface area contributed by atoms with Gasteiger partial charge in [-0.3, -0.25) is 0 Å². The average molecular weight is 235 g/mol. The van der Waals surface area contributed by atoms with E-state index in [1.165, 1.54) is 0 Å². The number of carboxylic acids is 1. The van der Waals surface area contributed by atoms with E-state index in [0.717, 1.165) is 17.6 Å². The van der Waals surface area contributed by atoms with Crippen LogP contribution in [0.5, 0.6) is 0 Å². The van der Waals surface area contributed by atoms with Crippen molar-refractivity contribution in [1.29, 1.82) is 0 Å². The second-order valence-corrected chi connectivity index (χ2v) is 4.53. The SMILES string of the molecule is CC1(C)CCC=[N+]1[O-].O=C(O)c1ccccc1. The zero-order valence-electron chi connectivity index (χ0n) is 10.1. The monoisotopic (exact) mass is 235 g/mol. The molecule has 2 rings (SSSR count). The van der Waals surface area contributed by atoms with Gasteiger partial charge in [0.2, 0.25) is 0 Å². The number of benzene rings is 1. The first kappa shape index (κ1) is 13.2. The maximum atomic E-state index is 10.8. The molecule has 0 amide bonds. The third-order valence-corrected chi connectivity index (χ3v) is 2.67. The van der Waals surface area contributed by atoms with Gasteiger partial charge in [-0.25, -0.2) is 9.53 Å². The highest BCUT2D eigenvalue weighted by molar-refractivity contribution is 5.87. The number of rotatable bonds is 1. The maximum Gasteiger partial charge on any atom is 0.335 e. The summed E-state index contributed by atoms with van der Waals surface area (Å²) in [5.74, 6) is -0.879. The lowest BCUT2D eigenvalue weighted by atomic mass is 10.0. The Balaban J connectivity index is 0.000000171. The topological polar surface area (TPSA) is 63.4 Å². The molecule has 0 aliphatic carbocycles. The molecule has 0 spiro atoms. The minimum absolute atomic E-state index is 0.125. The van der Waals surface area contributed by atoms with E-state index >= 15 is 0 Å². The summed E-state index contributed by atoms with van der Waals surface area (Å²) < 4.78 is 1.05. The highest BCUT2D eigenvalue weighted by Crippen LogP contribution is 2.19. The number of hydrogen-bond acceptors (Lipinski definition) is 2. The van der Waals surface area contributed by atoms with Gasteiger partial charge in [0, 0.05) is 26.7 Å². The Labute approximate surface area is 101 Å². The molecule has 0 unspecified atom stereocenters. The normalized spacial score (nSPS) is 16.7.